The van der Waals surface area contributed by atoms with Crippen molar-refractivity contribution in [2.75, 3.05) is 13.7 Å². The number of carbonyl (C=O) groups excluding carboxylic acids is 2. The highest BCUT2D eigenvalue weighted by Gasteiger charge is 2.44. The van der Waals surface area contributed by atoms with Gasteiger partial charge < -0.3 is 13.9 Å². The maximum absolute atomic E-state index is 12.3. The zero-order valence-corrected chi connectivity index (χ0v) is 16.1. The molecule has 0 saturated heterocycles. The van der Waals surface area contributed by atoms with Crippen LogP contribution >= 0.6 is 0 Å². The van der Waals surface area contributed by atoms with Gasteiger partial charge in [-0.2, -0.15) is 0 Å². The third-order valence-electron chi connectivity index (χ3n) is 5.36. The molecule has 0 amide bonds. The standard InChI is InChI=1S/C20H21NO8/c1-11-5-17(22)15(16(11)9-21(25)26)8-19(23)28-10-12-6-20(24)29-18-7-13(27-2)3-4-14(12)18/h3-4,6-7,11,15-16H,5,8-10H2,1-2H3/t11-,15+,16-/m1/s1. The first-order chi connectivity index (χ1) is 13.8. The number of Topliss-reactive ketones (excluding diaryl/α,β-unsaturated/α-hetero) is 1. The number of nitro groups is 1. The lowest BCUT2D eigenvalue weighted by Crippen LogP contribution is -2.27. The minimum absolute atomic E-state index is 0.150. The van der Waals surface area contributed by atoms with E-state index in [0.717, 1.165) is 0 Å². The smallest absolute Gasteiger partial charge is 0.336 e. The predicted octanol–water partition coefficient (Wildman–Crippen LogP) is 2.35. The molecule has 29 heavy (non-hydrogen) atoms. The minimum atomic E-state index is -0.718. The second kappa shape index (κ2) is 8.42. The molecule has 1 aromatic heterocycles. The van der Waals surface area contributed by atoms with Crippen LogP contribution in [0.5, 0.6) is 5.75 Å². The fourth-order valence-corrected chi connectivity index (χ4v) is 3.85. The zero-order valence-electron chi connectivity index (χ0n) is 16.1. The molecule has 3 atom stereocenters. The molecule has 9 nitrogen and oxygen atoms in total. The normalized spacial score (nSPS) is 21.3. The predicted molar refractivity (Wildman–Crippen MR) is 101 cm³/mol. The van der Waals surface area contributed by atoms with E-state index < -0.39 is 28.4 Å². The van der Waals surface area contributed by atoms with Gasteiger partial charge >= 0.3 is 11.6 Å². The van der Waals surface area contributed by atoms with Crippen LogP contribution in [0.3, 0.4) is 0 Å². The zero-order chi connectivity index (χ0) is 21.1. The van der Waals surface area contributed by atoms with Gasteiger partial charge in [-0.25, -0.2) is 4.79 Å². The fraction of sp³-hybridized carbons (Fsp3) is 0.450. The fourth-order valence-electron chi connectivity index (χ4n) is 3.85. The molecule has 3 rings (SSSR count). The summed E-state index contributed by atoms with van der Waals surface area (Å²) in [5.74, 6) is -1.63. The first-order valence-electron chi connectivity index (χ1n) is 9.19. The second-order valence-corrected chi connectivity index (χ2v) is 7.25. The maximum Gasteiger partial charge on any atom is 0.336 e. The van der Waals surface area contributed by atoms with Crippen LogP contribution in [0.1, 0.15) is 25.3 Å². The van der Waals surface area contributed by atoms with Crippen LogP contribution in [0.2, 0.25) is 0 Å². The Morgan fingerprint density at radius 2 is 2.07 bits per heavy atom. The number of hydrogen-bond acceptors (Lipinski definition) is 8. The average Bonchev–Trinajstić information content (AvgIpc) is 2.91. The molecular weight excluding hydrogens is 382 g/mol. The number of esters is 1. The molecule has 0 spiro atoms. The average molecular weight is 403 g/mol. The topological polar surface area (TPSA) is 126 Å². The van der Waals surface area contributed by atoms with Gasteiger partial charge in [-0.05, 0) is 18.1 Å². The van der Waals surface area contributed by atoms with Crippen LogP contribution in [-0.2, 0) is 20.9 Å². The highest BCUT2D eigenvalue weighted by atomic mass is 16.6. The van der Waals surface area contributed by atoms with Crippen LogP contribution in [0, 0.1) is 27.9 Å². The van der Waals surface area contributed by atoms with Crippen LogP contribution in [0.25, 0.3) is 11.0 Å². The van der Waals surface area contributed by atoms with Gasteiger partial charge in [0.15, 0.2) is 0 Å². The van der Waals surface area contributed by atoms with Gasteiger partial charge in [-0.3, -0.25) is 19.7 Å². The molecule has 0 radical (unpaired) electrons. The van der Waals surface area contributed by atoms with Crippen molar-refractivity contribution < 1.29 is 28.4 Å². The largest absolute Gasteiger partial charge is 0.497 e. The Balaban J connectivity index is 1.71. The number of methoxy groups -OCH3 is 1. The van der Waals surface area contributed by atoms with Crippen molar-refractivity contribution in [1.29, 1.82) is 0 Å². The summed E-state index contributed by atoms with van der Waals surface area (Å²) in [6, 6.07) is 6.17. The Morgan fingerprint density at radius 1 is 1.31 bits per heavy atom. The van der Waals surface area contributed by atoms with E-state index in [0.29, 0.717) is 22.3 Å². The molecule has 1 aliphatic carbocycles. The molecule has 1 aromatic carbocycles. The second-order valence-electron chi connectivity index (χ2n) is 7.25. The lowest BCUT2D eigenvalue weighted by Gasteiger charge is -2.17. The molecule has 1 aliphatic rings. The summed E-state index contributed by atoms with van der Waals surface area (Å²) in [5, 5.41) is 11.5. The van der Waals surface area contributed by atoms with E-state index in [1.54, 1.807) is 25.1 Å². The van der Waals surface area contributed by atoms with Crippen molar-refractivity contribution in [3.05, 3.63) is 50.4 Å². The Morgan fingerprint density at radius 3 is 2.76 bits per heavy atom. The molecule has 0 unspecified atom stereocenters. The Hall–Kier alpha value is -3.23. The van der Waals surface area contributed by atoms with E-state index in [2.05, 4.69) is 0 Å². The summed E-state index contributed by atoms with van der Waals surface area (Å²) in [4.78, 5) is 46.7. The molecule has 0 bridgehead atoms. The number of ether oxygens (including phenoxy) is 2. The van der Waals surface area contributed by atoms with Crippen LogP contribution in [0.15, 0.2) is 33.5 Å². The summed E-state index contributed by atoms with van der Waals surface area (Å²) in [7, 11) is 1.49. The van der Waals surface area contributed by atoms with Gasteiger partial charge in [0.2, 0.25) is 6.54 Å². The molecule has 1 saturated carbocycles. The monoisotopic (exact) mass is 403 g/mol. The Bertz CT molecular complexity index is 1010. The summed E-state index contributed by atoms with van der Waals surface area (Å²) in [6.07, 6.45) is 0.0114. The van der Waals surface area contributed by atoms with Crippen molar-refractivity contribution in [2.24, 2.45) is 17.8 Å². The van der Waals surface area contributed by atoms with E-state index in [4.69, 9.17) is 13.9 Å². The quantitative estimate of drug-likeness (QED) is 0.298. The molecule has 1 fully saturated rings. The van der Waals surface area contributed by atoms with Gasteiger partial charge in [0, 0.05) is 46.3 Å². The number of carbonyl (C=O) groups is 2. The van der Waals surface area contributed by atoms with E-state index in [1.165, 1.54) is 13.2 Å². The van der Waals surface area contributed by atoms with E-state index in [9.17, 15) is 24.5 Å². The molecule has 2 aromatic rings. The summed E-state index contributed by atoms with van der Waals surface area (Å²) in [5.41, 5.74) is 0.164. The summed E-state index contributed by atoms with van der Waals surface area (Å²) in [6.45, 7) is 1.25. The Kier molecular flexibility index (Phi) is 5.95. The number of nitrogens with zero attached hydrogens (tertiary/aromatic N) is 1. The lowest BCUT2D eigenvalue weighted by molar-refractivity contribution is -0.490. The number of ketones is 1. The van der Waals surface area contributed by atoms with Crippen LogP contribution in [0.4, 0.5) is 0 Å². The van der Waals surface area contributed by atoms with Crippen LogP contribution in [-0.4, -0.2) is 30.3 Å². The number of rotatable bonds is 7. The first-order valence-corrected chi connectivity index (χ1v) is 9.19. The molecule has 154 valence electrons. The van der Waals surface area contributed by atoms with Crippen molar-refractivity contribution in [3.63, 3.8) is 0 Å². The van der Waals surface area contributed by atoms with Gasteiger partial charge in [0.05, 0.1) is 13.5 Å². The molecular formula is C20H21NO8. The highest BCUT2D eigenvalue weighted by Crippen LogP contribution is 2.36. The van der Waals surface area contributed by atoms with Gasteiger partial charge in [-0.15, -0.1) is 0 Å². The van der Waals surface area contributed by atoms with Gasteiger partial charge in [-0.1, -0.05) is 6.92 Å². The van der Waals surface area contributed by atoms with Crippen LogP contribution < -0.4 is 10.4 Å². The number of benzene rings is 1. The number of fused-ring (bicyclic) bond motifs is 1. The van der Waals surface area contributed by atoms with Crippen molar-refractivity contribution in [3.8, 4) is 5.75 Å². The summed E-state index contributed by atoms with van der Waals surface area (Å²) >= 11 is 0. The highest BCUT2D eigenvalue weighted by molar-refractivity contribution is 5.88. The van der Waals surface area contributed by atoms with E-state index in [-0.39, 0.29) is 37.7 Å². The maximum atomic E-state index is 12.3. The summed E-state index contributed by atoms with van der Waals surface area (Å²) < 4.78 is 15.5. The van der Waals surface area contributed by atoms with Crippen molar-refractivity contribution >= 4 is 22.7 Å². The van der Waals surface area contributed by atoms with E-state index >= 15 is 0 Å². The van der Waals surface area contributed by atoms with E-state index in [1.807, 2.05) is 0 Å². The molecule has 0 aliphatic heterocycles. The number of hydrogen-bond donors (Lipinski definition) is 0. The third kappa shape index (κ3) is 4.61. The van der Waals surface area contributed by atoms with Crippen molar-refractivity contribution in [2.45, 2.75) is 26.4 Å². The third-order valence-corrected chi connectivity index (χ3v) is 5.36. The molecule has 1 heterocycles. The molecule has 9 heteroatoms. The first kappa shape index (κ1) is 20.5. The SMILES string of the molecule is COc1ccc2c(COC(=O)C[C@@H]3C(=O)C[C@@H](C)[C@H]3C[N+](=O)[O-])cc(=O)oc2c1. The Labute approximate surface area is 165 Å². The van der Waals surface area contributed by atoms with Gasteiger partial charge in [0.1, 0.15) is 23.7 Å². The minimum Gasteiger partial charge on any atom is -0.497 e. The molecule has 0 N–H and O–H groups in total. The van der Waals surface area contributed by atoms with Crippen molar-refractivity contribution in [1.82, 2.24) is 0 Å². The lowest BCUT2D eigenvalue weighted by atomic mass is 9.88. The van der Waals surface area contributed by atoms with Gasteiger partial charge in [0.25, 0.3) is 0 Å².